The van der Waals surface area contributed by atoms with Crippen molar-refractivity contribution >= 4 is 22.4 Å². The molecule has 152 valence electrons. The predicted molar refractivity (Wildman–Crippen MR) is 107 cm³/mol. The fourth-order valence-corrected chi connectivity index (χ4v) is 3.41. The van der Waals surface area contributed by atoms with Gasteiger partial charge < -0.3 is 9.30 Å². The molecule has 9 nitrogen and oxygen atoms in total. The monoisotopic (exact) mass is 398 g/mol. The fraction of sp³-hybridized carbons (Fsp3) is 0.350. The minimum atomic E-state index is -0.543. The molecule has 0 amide bonds. The lowest BCUT2D eigenvalue weighted by molar-refractivity contribution is -0.384. The van der Waals surface area contributed by atoms with Crippen LogP contribution < -0.4 is 5.56 Å². The number of hydrogen-bond acceptors (Lipinski definition) is 6. The number of nitro groups is 1. The van der Waals surface area contributed by atoms with E-state index in [2.05, 4.69) is 9.55 Å². The van der Waals surface area contributed by atoms with Gasteiger partial charge in [-0.05, 0) is 32.4 Å². The maximum absolute atomic E-state index is 12.8. The lowest BCUT2D eigenvalue weighted by Gasteiger charge is -2.10. The number of Topliss-reactive ketones (excluding diaryl/α,β-unsaturated/α-hetero) is 1. The zero-order chi connectivity index (χ0) is 21.1. The highest BCUT2D eigenvalue weighted by Gasteiger charge is 2.18. The zero-order valence-electron chi connectivity index (χ0n) is 16.5. The molecule has 2 aromatic heterocycles. The van der Waals surface area contributed by atoms with Crippen molar-refractivity contribution in [3.8, 4) is 0 Å². The van der Waals surface area contributed by atoms with Gasteiger partial charge in [-0.1, -0.05) is 0 Å². The van der Waals surface area contributed by atoms with Crippen molar-refractivity contribution in [2.24, 2.45) is 0 Å². The number of benzene rings is 1. The minimum absolute atomic E-state index is 0.140. The number of nitro benzene ring substituents is 1. The van der Waals surface area contributed by atoms with Crippen LogP contribution in [0.2, 0.25) is 0 Å². The number of non-ortho nitro benzene ring substituents is 1. The Morgan fingerprint density at radius 3 is 2.72 bits per heavy atom. The van der Waals surface area contributed by atoms with Crippen LogP contribution in [0, 0.1) is 24.0 Å². The quantitative estimate of drug-likeness (QED) is 0.250. The summed E-state index contributed by atoms with van der Waals surface area (Å²) in [6.07, 6.45) is 2.09. The van der Waals surface area contributed by atoms with Crippen molar-refractivity contribution in [1.29, 1.82) is 0 Å². The molecule has 0 fully saturated rings. The average molecular weight is 398 g/mol. The molecule has 3 aromatic rings. The molecule has 0 aliphatic carbocycles. The van der Waals surface area contributed by atoms with Crippen LogP contribution in [0.3, 0.4) is 0 Å². The number of ketones is 1. The van der Waals surface area contributed by atoms with E-state index in [1.54, 1.807) is 7.11 Å². The Bertz CT molecular complexity index is 1150. The van der Waals surface area contributed by atoms with Crippen molar-refractivity contribution in [2.45, 2.75) is 33.4 Å². The average Bonchev–Trinajstić information content (AvgIpc) is 2.98. The number of carbonyl (C=O) groups is 1. The number of aryl methyl sites for hydroxylation is 1. The van der Waals surface area contributed by atoms with Gasteiger partial charge in [-0.25, -0.2) is 4.98 Å². The van der Waals surface area contributed by atoms with Crippen LogP contribution in [-0.4, -0.2) is 38.5 Å². The normalized spacial score (nSPS) is 11.1. The molecule has 3 rings (SSSR count). The minimum Gasteiger partial charge on any atom is -0.385 e. The molecule has 0 saturated heterocycles. The Kier molecular flexibility index (Phi) is 5.88. The van der Waals surface area contributed by atoms with E-state index in [9.17, 15) is 19.7 Å². The second-order valence-electron chi connectivity index (χ2n) is 6.84. The summed E-state index contributed by atoms with van der Waals surface area (Å²) >= 11 is 0. The van der Waals surface area contributed by atoms with E-state index in [0.29, 0.717) is 12.2 Å². The van der Waals surface area contributed by atoms with Gasteiger partial charge in [0.05, 0.1) is 28.7 Å². The van der Waals surface area contributed by atoms with Crippen LogP contribution in [0.5, 0.6) is 0 Å². The number of hydrogen-bond donors (Lipinski definition) is 0. The number of rotatable bonds is 8. The smallest absolute Gasteiger partial charge is 0.271 e. The summed E-state index contributed by atoms with van der Waals surface area (Å²) < 4.78 is 8.37. The summed E-state index contributed by atoms with van der Waals surface area (Å²) in [5.41, 5.74) is 2.06. The Morgan fingerprint density at radius 1 is 1.28 bits per heavy atom. The van der Waals surface area contributed by atoms with E-state index in [1.165, 1.54) is 29.1 Å². The zero-order valence-corrected chi connectivity index (χ0v) is 16.5. The standard InChI is InChI=1S/C20H22N4O5/c1-13-9-17(14(2)23(13)7-4-8-29-3)19(25)11-22-12-21-18-10-15(24(27)28)5-6-16(18)20(22)26/h5-6,9-10,12H,4,7-8,11H2,1-3H3. The van der Waals surface area contributed by atoms with E-state index >= 15 is 0 Å². The van der Waals surface area contributed by atoms with Crippen LogP contribution >= 0.6 is 0 Å². The van der Waals surface area contributed by atoms with Gasteiger partial charge in [0.15, 0.2) is 5.78 Å². The third kappa shape index (κ3) is 4.09. The maximum atomic E-state index is 12.8. The fourth-order valence-electron chi connectivity index (χ4n) is 3.41. The number of carbonyl (C=O) groups excluding carboxylic acids is 1. The van der Waals surface area contributed by atoms with E-state index < -0.39 is 10.5 Å². The second kappa shape index (κ2) is 8.36. The number of aromatic nitrogens is 3. The van der Waals surface area contributed by atoms with Gasteiger partial charge in [-0.2, -0.15) is 0 Å². The molecule has 0 N–H and O–H groups in total. The van der Waals surface area contributed by atoms with Crippen molar-refractivity contribution in [3.63, 3.8) is 0 Å². The highest BCUT2D eigenvalue weighted by molar-refractivity contribution is 5.97. The van der Waals surface area contributed by atoms with E-state index in [-0.39, 0.29) is 28.9 Å². The molecule has 0 radical (unpaired) electrons. The molecule has 2 heterocycles. The van der Waals surface area contributed by atoms with E-state index in [1.807, 2.05) is 19.9 Å². The van der Waals surface area contributed by atoms with E-state index in [0.717, 1.165) is 24.4 Å². The maximum Gasteiger partial charge on any atom is 0.271 e. The summed E-state index contributed by atoms with van der Waals surface area (Å²) in [6, 6.07) is 5.69. The van der Waals surface area contributed by atoms with Gasteiger partial charge in [0.25, 0.3) is 11.2 Å². The lowest BCUT2D eigenvalue weighted by Crippen LogP contribution is -2.25. The number of fused-ring (bicyclic) bond motifs is 1. The van der Waals surface area contributed by atoms with Crippen molar-refractivity contribution < 1.29 is 14.5 Å². The van der Waals surface area contributed by atoms with Crippen LogP contribution in [0.25, 0.3) is 10.9 Å². The summed E-state index contributed by atoms with van der Waals surface area (Å²) in [4.78, 5) is 40.0. The molecule has 0 atom stereocenters. The van der Waals surface area contributed by atoms with Crippen LogP contribution in [0.1, 0.15) is 28.2 Å². The topological polar surface area (TPSA) is 109 Å². The second-order valence-corrected chi connectivity index (χ2v) is 6.84. The molecule has 0 spiro atoms. The third-order valence-electron chi connectivity index (χ3n) is 4.94. The summed E-state index contributed by atoms with van der Waals surface area (Å²) in [7, 11) is 1.65. The van der Waals surface area contributed by atoms with Gasteiger partial charge in [0, 0.05) is 49.3 Å². The first kappa shape index (κ1) is 20.4. The highest BCUT2D eigenvalue weighted by atomic mass is 16.6. The largest absolute Gasteiger partial charge is 0.385 e. The molecule has 0 aliphatic heterocycles. The van der Waals surface area contributed by atoms with Crippen LogP contribution in [0.4, 0.5) is 5.69 Å². The third-order valence-corrected chi connectivity index (χ3v) is 4.94. The molecule has 1 aromatic carbocycles. The first-order valence-corrected chi connectivity index (χ1v) is 9.16. The first-order chi connectivity index (χ1) is 13.8. The Morgan fingerprint density at radius 2 is 2.03 bits per heavy atom. The van der Waals surface area contributed by atoms with Crippen molar-refractivity contribution in [1.82, 2.24) is 14.1 Å². The molecule has 0 aliphatic rings. The summed E-state index contributed by atoms with van der Waals surface area (Å²) in [6.45, 7) is 5.05. The van der Waals surface area contributed by atoms with E-state index in [4.69, 9.17) is 4.74 Å². The van der Waals surface area contributed by atoms with Gasteiger partial charge in [-0.3, -0.25) is 24.3 Å². The Labute approximate surface area is 166 Å². The summed E-state index contributed by atoms with van der Waals surface area (Å²) in [5.74, 6) is -0.193. The van der Waals surface area contributed by atoms with Crippen LogP contribution in [-0.2, 0) is 17.8 Å². The van der Waals surface area contributed by atoms with Gasteiger partial charge in [0.1, 0.15) is 0 Å². The highest BCUT2D eigenvalue weighted by Crippen LogP contribution is 2.18. The molecule has 0 unspecified atom stereocenters. The molecule has 29 heavy (non-hydrogen) atoms. The number of ether oxygens (including phenoxy) is 1. The van der Waals surface area contributed by atoms with Crippen molar-refractivity contribution in [2.75, 3.05) is 13.7 Å². The molecule has 9 heteroatoms. The van der Waals surface area contributed by atoms with Crippen molar-refractivity contribution in [3.05, 3.63) is 68.0 Å². The van der Waals surface area contributed by atoms with Gasteiger partial charge in [-0.15, -0.1) is 0 Å². The van der Waals surface area contributed by atoms with Gasteiger partial charge in [0.2, 0.25) is 0 Å². The lowest BCUT2D eigenvalue weighted by atomic mass is 10.1. The predicted octanol–water partition coefficient (Wildman–Crippen LogP) is 2.64. The first-order valence-electron chi connectivity index (χ1n) is 9.16. The number of nitrogens with zero attached hydrogens (tertiary/aromatic N) is 4. The SMILES string of the molecule is COCCCn1c(C)cc(C(=O)Cn2cnc3cc([N+](=O)[O-])ccc3c2=O)c1C. The van der Waals surface area contributed by atoms with Crippen LogP contribution in [0.15, 0.2) is 35.4 Å². The Hall–Kier alpha value is -3.33. The summed E-state index contributed by atoms with van der Waals surface area (Å²) in [5, 5.41) is 11.1. The van der Waals surface area contributed by atoms with Gasteiger partial charge >= 0.3 is 0 Å². The molecular formula is C20H22N4O5. The molecule has 0 saturated carbocycles. The molecule has 0 bridgehead atoms. The number of methoxy groups -OCH3 is 1. The molecular weight excluding hydrogens is 376 g/mol. The Balaban J connectivity index is 1.87.